The summed E-state index contributed by atoms with van der Waals surface area (Å²) < 4.78 is 0. The monoisotopic (exact) mass is 376 g/mol. The molecule has 0 heterocycles. The summed E-state index contributed by atoms with van der Waals surface area (Å²) in [5, 5.41) is 5.50. The van der Waals surface area contributed by atoms with Crippen molar-refractivity contribution in [2.45, 2.75) is 59.5 Å². The Kier molecular flexibility index (Phi) is 4.84. The number of hydrogen-bond donors (Lipinski definition) is 0. The minimum absolute atomic E-state index is 0.467. The summed E-state index contributed by atoms with van der Waals surface area (Å²) in [4.78, 5) is 0. The highest BCUT2D eigenvalue weighted by atomic mass is 31.0. The molecule has 1 heteroatoms. The molecule has 0 N–H and O–H groups in total. The molecule has 0 saturated heterocycles. The van der Waals surface area contributed by atoms with E-state index in [-0.39, 0.29) is 0 Å². The van der Waals surface area contributed by atoms with Gasteiger partial charge in [-0.25, -0.2) is 0 Å². The maximum Gasteiger partial charge on any atom is -0.0105 e. The number of rotatable bonds is 3. The lowest BCUT2D eigenvalue weighted by Gasteiger charge is -2.45. The molecule has 0 amide bonds. The zero-order valence-corrected chi connectivity index (χ0v) is 18.5. The van der Waals surface area contributed by atoms with Gasteiger partial charge in [-0.2, -0.15) is 0 Å². The highest BCUT2D eigenvalue weighted by molar-refractivity contribution is 7.15. The van der Waals surface area contributed by atoms with Gasteiger partial charge in [0.25, 0.3) is 0 Å². The first kappa shape index (κ1) is 18.9. The largest absolute Gasteiger partial charge is 0.133 e. The quantitative estimate of drug-likeness (QED) is 0.323. The molecule has 0 nitrogen and oxygen atoms in total. The zero-order valence-electron chi connectivity index (χ0n) is 17.3. The highest BCUT2D eigenvalue weighted by Gasteiger charge is 2.38. The van der Waals surface area contributed by atoms with Crippen molar-refractivity contribution in [3.8, 4) is 0 Å². The van der Waals surface area contributed by atoms with E-state index < -0.39 is 0 Å². The van der Waals surface area contributed by atoms with Gasteiger partial charge in [-0.05, 0) is 81.3 Å². The Bertz CT molecular complexity index is 964. The molecule has 27 heavy (non-hydrogen) atoms. The molecule has 3 aromatic rings. The van der Waals surface area contributed by atoms with E-state index in [1.165, 1.54) is 58.4 Å². The Morgan fingerprint density at radius 1 is 0.778 bits per heavy atom. The van der Waals surface area contributed by atoms with Crippen LogP contribution >= 0.6 is 9.24 Å². The van der Waals surface area contributed by atoms with Gasteiger partial charge in [-0.1, -0.05) is 76.2 Å². The first-order valence-electron chi connectivity index (χ1n) is 10.4. The molecule has 142 valence electrons. The lowest BCUT2D eigenvalue weighted by molar-refractivity contribution is 0.0678. The molecular weight excluding hydrogens is 343 g/mol. The third-order valence-electron chi connectivity index (χ3n) is 6.36. The summed E-state index contributed by atoms with van der Waals surface area (Å²) in [6.45, 7) is 9.82. The fourth-order valence-corrected chi connectivity index (χ4v) is 6.23. The van der Waals surface area contributed by atoms with E-state index in [1.54, 1.807) is 0 Å². The molecule has 1 unspecified atom stereocenters. The second-order valence-corrected chi connectivity index (χ2v) is 10.8. The van der Waals surface area contributed by atoms with Crippen molar-refractivity contribution in [1.29, 1.82) is 0 Å². The van der Waals surface area contributed by atoms with Gasteiger partial charge in [0.05, 0.1) is 0 Å². The van der Waals surface area contributed by atoms with E-state index in [4.69, 9.17) is 0 Å². The molecule has 0 spiro atoms. The fraction of sp³-hybridized carbons (Fsp3) is 0.462. The van der Waals surface area contributed by atoms with Gasteiger partial charge in [-0.3, -0.25) is 0 Å². The molecule has 3 aromatic carbocycles. The van der Waals surface area contributed by atoms with Crippen LogP contribution in [0.4, 0.5) is 0 Å². The third kappa shape index (κ3) is 4.07. The first-order valence-corrected chi connectivity index (χ1v) is 11.2. The van der Waals surface area contributed by atoms with Crippen LogP contribution in [-0.4, -0.2) is 0 Å². The molecule has 1 atom stereocenters. The predicted molar refractivity (Wildman–Crippen MR) is 123 cm³/mol. The van der Waals surface area contributed by atoms with E-state index in [1.807, 2.05) is 0 Å². The van der Waals surface area contributed by atoms with Crippen molar-refractivity contribution in [3.63, 3.8) is 0 Å². The summed E-state index contributed by atoms with van der Waals surface area (Å²) in [6, 6.07) is 18.6. The topological polar surface area (TPSA) is 0 Å². The molecule has 0 radical (unpaired) electrons. The molecule has 0 aliphatic heterocycles. The number of hydrogen-bond acceptors (Lipinski definition) is 0. The Morgan fingerprint density at radius 3 is 1.85 bits per heavy atom. The molecule has 4 rings (SSSR count). The normalized spacial score (nSPS) is 19.6. The highest BCUT2D eigenvalue weighted by Crippen LogP contribution is 2.49. The molecule has 1 saturated carbocycles. The minimum atomic E-state index is 0.467. The van der Waals surface area contributed by atoms with Gasteiger partial charge in [0, 0.05) is 0 Å². The van der Waals surface area contributed by atoms with Crippen LogP contribution in [0.3, 0.4) is 0 Å². The summed E-state index contributed by atoms with van der Waals surface area (Å²) in [7, 11) is 2.82. The zero-order chi connectivity index (χ0) is 19.2. The van der Waals surface area contributed by atoms with E-state index in [2.05, 4.69) is 85.5 Å². The van der Waals surface area contributed by atoms with Crippen molar-refractivity contribution >= 4 is 30.8 Å². The standard InChI is InChI=1S/C26H33P/c1-25(2)14-20(15-26(3,4)17-25)11-18-5-9-23-21(12-18)7-8-22-13-19(16-27)6-10-24(22)23/h5-10,12-13,20H,11,14-17,27H2,1-4H3. The van der Waals surface area contributed by atoms with Crippen LogP contribution in [0.2, 0.25) is 0 Å². The van der Waals surface area contributed by atoms with Gasteiger partial charge in [0.1, 0.15) is 0 Å². The van der Waals surface area contributed by atoms with Crippen molar-refractivity contribution in [2.75, 3.05) is 0 Å². The van der Waals surface area contributed by atoms with Gasteiger partial charge in [0.2, 0.25) is 0 Å². The summed E-state index contributed by atoms with van der Waals surface area (Å²) >= 11 is 0. The van der Waals surface area contributed by atoms with E-state index in [0.29, 0.717) is 10.8 Å². The van der Waals surface area contributed by atoms with Crippen molar-refractivity contribution < 1.29 is 0 Å². The van der Waals surface area contributed by atoms with Crippen LogP contribution in [0.25, 0.3) is 21.5 Å². The Balaban J connectivity index is 1.65. The molecule has 1 aliphatic rings. The fourth-order valence-electron chi connectivity index (χ4n) is 5.98. The van der Waals surface area contributed by atoms with Crippen molar-refractivity contribution in [1.82, 2.24) is 0 Å². The molecule has 1 aliphatic carbocycles. The maximum atomic E-state index is 2.82. The lowest BCUT2D eigenvalue weighted by atomic mass is 9.60. The molecule has 0 bridgehead atoms. The summed E-state index contributed by atoms with van der Waals surface area (Å²) in [6.07, 6.45) is 6.28. The number of fused-ring (bicyclic) bond motifs is 3. The first-order chi connectivity index (χ1) is 12.7. The van der Waals surface area contributed by atoms with Crippen LogP contribution in [-0.2, 0) is 12.6 Å². The van der Waals surface area contributed by atoms with Gasteiger partial charge in [-0.15, -0.1) is 9.24 Å². The van der Waals surface area contributed by atoms with Crippen LogP contribution in [0.5, 0.6) is 0 Å². The Labute approximate surface area is 166 Å². The Morgan fingerprint density at radius 2 is 1.30 bits per heavy atom. The minimum Gasteiger partial charge on any atom is -0.133 e. The average molecular weight is 377 g/mol. The third-order valence-corrected chi connectivity index (χ3v) is 6.84. The van der Waals surface area contributed by atoms with Crippen molar-refractivity contribution in [3.05, 3.63) is 59.7 Å². The summed E-state index contributed by atoms with van der Waals surface area (Å²) in [5.74, 6) is 0.797. The second kappa shape index (κ2) is 6.89. The van der Waals surface area contributed by atoms with E-state index in [0.717, 1.165) is 12.1 Å². The Hall–Kier alpha value is -1.39. The smallest absolute Gasteiger partial charge is 0.0105 e. The van der Waals surface area contributed by atoms with E-state index >= 15 is 0 Å². The van der Waals surface area contributed by atoms with Crippen LogP contribution < -0.4 is 0 Å². The van der Waals surface area contributed by atoms with Crippen LogP contribution in [0.1, 0.15) is 58.1 Å². The molecular formula is C26H33P. The predicted octanol–water partition coefficient (Wildman–Crippen LogP) is 7.76. The SMILES string of the molecule is CC1(C)CC(Cc2ccc3c(ccc4cc(CP)ccc43)c2)CC(C)(C)C1. The maximum absolute atomic E-state index is 2.82. The van der Waals surface area contributed by atoms with E-state index in [9.17, 15) is 0 Å². The second-order valence-electron chi connectivity index (χ2n) is 10.4. The van der Waals surface area contributed by atoms with Gasteiger partial charge in [0.15, 0.2) is 0 Å². The number of benzene rings is 3. The van der Waals surface area contributed by atoms with Gasteiger partial charge < -0.3 is 0 Å². The lowest BCUT2D eigenvalue weighted by Crippen LogP contribution is -2.34. The van der Waals surface area contributed by atoms with Crippen LogP contribution in [0, 0.1) is 16.7 Å². The van der Waals surface area contributed by atoms with Crippen molar-refractivity contribution in [2.24, 2.45) is 16.7 Å². The average Bonchev–Trinajstić information content (AvgIpc) is 2.58. The summed E-state index contributed by atoms with van der Waals surface area (Å²) in [5.41, 5.74) is 3.82. The van der Waals surface area contributed by atoms with Gasteiger partial charge >= 0.3 is 0 Å². The molecule has 0 aromatic heterocycles. The molecule has 1 fully saturated rings. The van der Waals surface area contributed by atoms with Crippen LogP contribution in [0.15, 0.2) is 48.5 Å².